The molecule has 0 radical (unpaired) electrons. The fraction of sp³-hybridized carbons (Fsp3) is 0.375. The number of benzene rings is 1. The number of fused-ring (bicyclic) bond motifs is 1. The molecule has 0 aliphatic carbocycles. The summed E-state index contributed by atoms with van der Waals surface area (Å²) in [4.78, 5) is 48.5. The van der Waals surface area contributed by atoms with E-state index in [1.165, 1.54) is 32.2 Å². The van der Waals surface area contributed by atoms with Gasteiger partial charge in [0, 0.05) is 12.6 Å². The quantitative estimate of drug-likeness (QED) is 0.796. The third-order valence-corrected chi connectivity index (χ3v) is 3.96. The second-order valence-corrected chi connectivity index (χ2v) is 5.77. The lowest BCUT2D eigenvalue weighted by Gasteiger charge is -2.25. The lowest BCUT2D eigenvalue weighted by Crippen LogP contribution is -2.52. The first kappa shape index (κ1) is 16.7. The highest BCUT2D eigenvalue weighted by atomic mass is 16.4. The molecule has 3 amide bonds. The second-order valence-electron chi connectivity index (χ2n) is 5.77. The zero-order chi connectivity index (χ0) is 17.4. The number of rotatable bonds is 5. The van der Waals surface area contributed by atoms with Crippen molar-refractivity contribution < 1.29 is 24.3 Å². The van der Waals surface area contributed by atoms with Crippen LogP contribution in [0, 0.1) is 0 Å². The smallest absolute Gasteiger partial charge is 0.329 e. The highest BCUT2D eigenvalue weighted by Crippen LogP contribution is 2.23. The Bertz CT molecular complexity index is 712. The number of aliphatic carboxylic acids is 1. The van der Waals surface area contributed by atoms with Gasteiger partial charge < -0.3 is 10.4 Å². The van der Waals surface area contributed by atoms with Gasteiger partial charge in [0.05, 0.1) is 11.1 Å². The molecule has 0 saturated carbocycles. The molecule has 0 fully saturated rings. The standard InChI is InChI=1S/C16H18N2O5/c1-4-7-16(2,15(22)23)17-12(19)9-5-6-10-11(8-9)14(21)18(3)13(10)20/h5-6,8H,4,7H2,1-3H3,(H,17,19)(H,22,23). The third-order valence-electron chi connectivity index (χ3n) is 3.96. The first-order valence-corrected chi connectivity index (χ1v) is 7.23. The van der Waals surface area contributed by atoms with Crippen molar-refractivity contribution in [3.63, 3.8) is 0 Å². The minimum atomic E-state index is -1.39. The lowest BCUT2D eigenvalue weighted by molar-refractivity contribution is -0.144. The fourth-order valence-electron chi connectivity index (χ4n) is 2.55. The van der Waals surface area contributed by atoms with Crippen LogP contribution in [0.3, 0.4) is 0 Å². The Morgan fingerprint density at radius 2 is 1.83 bits per heavy atom. The maximum absolute atomic E-state index is 12.3. The van der Waals surface area contributed by atoms with Crippen LogP contribution in [0.25, 0.3) is 0 Å². The Labute approximate surface area is 133 Å². The zero-order valence-corrected chi connectivity index (χ0v) is 13.2. The molecule has 1 aromatic rings. The van der Waals surface area contributed by atoms with Gasteiger partial charge in [0.15, 0.2) is 0 Å². The van der Waals surface area contributed by atoms with Gasteiger partial charge >= 0.3 is 5.97 Å². The number of hydrogen-bond donors (Lipinski definition) is 2. The number of carboxylic acid groups (broad SMARTS) is 1. The van der Waals surface area contributed by atoms with E-state index >= 15 is 0 Å². The predicted octanol–water partition coefficient (Wildman–Crippen LogP) is 1.29. The molecule has 2 rings (SSSR count). The van der Waals surface area contributed by atoms with Gasteiger partial charge in [0.2, 0.25) is 0 Å². The zero-order valence-electron chi connectivity index (χ0n) is 13.2. The van der Waals surface area contributed by atoms with Gasteiger partial charge in [-0.05, 0) is 31.5 Å². The SMILES string of the molecule is CCCC(C)(NC(=O)c1ccc2c(c1)C(=O)N(C)C2=O)C(=O)O. The molecule has 0 aromatic heterocycles. The predicted molar refractivity (Wildman–Crippen MR) is 81.3 cm³/mol. The summed E-state index contributed by atoms with van der Waals surface area (Å²) in [5, 5.41) is 11.8. The molecule has 7 nitrogen and oxygen atoms in total. The molecule has 1 aliphatic rings. The number of carbonyl (C=O) groups is 4. The molecule has 1 heterocycles. The van der Waals surface area contributed by atoms with Gasteiger partial charge in [0.1, 0.15) is 5.54 Å². The van der Waals surface area contributed by atoms with Gasteiger partial charge in [-0.1, -0.05) is 13.3 Å². The largest absolute Gasteiger partial charge is 0.480 e. The number of nitrogens with zero attached hydrogens (tertiary/aromatic N) is 1. The maximum atomic E-state index is 12.3. The Hall–Kier alpha value is -2.70. The Balaban J connectivity index is 2.30. The van der Waals surface area contributed by atoms with E-state index in [2.05, 4.69) is 5.32 Å². The molecule has 122 valence electrons. The van der Waals surface area contributed by atoms with Gasteiger partial charge in [0.25, 0.3) is 17.7 Å². The summed E-state index contributed by atoms with van der Waals surface area (Å²) in [5.41, 5.74) is -0.855. The first-order chi connectivity index (χ1) is 10.7. The molecule has 0 spiro atoms. The van der Waals surface area contributed by atoms with E-state index in [1.54, 1.807) is 0 Å². The Kier molecular flexibility index (Phi) is 4.22. The van der Waals surface area contributed by atoms with E-state index in [9.17, 15) is 24.3 Å². The second kappa shape index (κ2) is 5.83. The summed E-state index contributed by atoms with van der Waals surface area (Å²) >= 11 is 0. The van der Waals surface area contributed by atoms with Crippen LogP contribution in [0.2, 0.25) is 0 Å². The van der Waals surface area contributed by atoms with E-state index in [4.69, 9.17) is 0 Å². The Morgan fingerprint density at radius 3 is 2.39 bits per heavy atom. The number of carboxylic acids is 1. The summed E-state index contributed by atoms with van der Waals surface area (Å²) in [6.07, 6.45) is 0.865. The molecule has 1 unspecified atom stereocenters. The van der Waals surface area contributed by atoms with Crippen molar-refractivity contribution in [2.45, 2.75) is 32.2 Å². The molecule has 1 atom stereocenters. The van der Waals surface area contributed by atoms with E-state index in [1.807, 2.05) is 6.92 Å². The molecular formula is C16H18N2O5. The van der Waals surface area contributed by atoms with Crippen molar-refractivity contribution in [1.29, 1.82) is 0 Å². The topological polar surface area (TPSA) is 104 Å². The minimum Gasteiger partial charge on any atom is -0.480 e. The lowest BCUT2D eigenvalue weighted by atomic mass is 9.95. The maximum Gasteiger partial charge on any atom is 0.329 e. The molecule has 1 aliphatic heterocycles. The fourth-order valence-corrected chi connectivity index (χ4v) is 2.55. The summed E-state index contributed by atoms with van der Waals surface area (Å²) in [6.45, 7) is 3.26. The average Bonchev–Trinajstić information content (AvgIpc) is 2.71. The summed E-state index contributed by atoms with van der Waals surface area (Å²) in [6, 6.07) is 4.14. The van der Waals surface area contributed by atoms with Crippen molar-refractivity contribution >= 4 is 23.7 Å². The van der Waals surface area contributed by atoms with Gasteiger partial charge in [-0.15, -0.1) is 0 Å². The molecule has 0 saturated heterocycles. The van der Waals surface area contributed by atoms with Crippen LogP contribution in [0.5, 0.6) is 0 Å². The van der Waals surface area contributed by atoms with Crippen LogP contribution in [0.1, 0.15) is 57.8 Å². The van der Waals surface area contributed by atoms with Crippen LogP contribution in [-0.4, -0.2) is 46.3 Å². The molecule has 2 N–H and O–H groups in total. The first-order valence-electron chi connectivity index (χ1n) is 7.23. The van der Waals surface area contributed by atoms with Crippen LogP contribution in [0.4, 0.5) is 0 Å². The van der Waals surface area contributed by atoms with Crippen molar-refractivity contribution in [2.24, 2.45) is 0 Å². The van der Waals surface area contributed by atoms with Gasteiger partial charge in [-0.2, -0.15) is 0 Å². The summed E-state index contributed by atoms with van der Waals surface area (Å²) < 4.78 is 0. The van der Waals surface area contributed by atoms with Gasteiger partial charge in [-0.25, -0.2) is 4.79 Å². The molecule has 0 bridgehead atoms. The highest BCUT2D eigenvalue weighted by molar-refractivity contribution is 6.21. The molecule has 23 heavy (non-hydrogen) atoms. The van der Waals surface area contributed by atoms with Crippen molar-refractivity contribution in [3.05, 3.63) is 34.9 Å². The average molecular weight is 318 g/mol. The van der Waals surface area contributed by atoms with Crippen LogP contribution < -0.4 is 5.32 Å². The number of imide groups is 1. The molecule has 7 heteroatoms. The summed E-state index contributed by atoms with van der Waals surface area (Å²) in [5.74, 6) is -2.62. The van der Waals surface area contributed by atoms with E-state index < -0.39 is 29.2 Å². The number of hydrogen-bond acceptors (Lipinski definition) is 4. The molecular weight excluding hydrogens is 300 g/mol. The normalized spacial score (nSPS) is 16.0. The summed E-state index contributed by atoms with van der Waals surface area (Å²) in [7, 11) is 1.37. The van der Waals surface area contributed by atoms with Crippen LogP contribution >= 0.6 is 0 Å². The molecule has 1 aromatic carbocycles. The highest BCUT2D eigenvalue weighted by Gasteiger charge is 2.36. The van der Waals surface area contributed by atoms with Crippen molar-refractivity contribution in [3.8, 4) is 0 Å². The van der Waals surface area contributed by atoms with Crippen LogP contribution in [-0.2, 0) is 4.79 Å². The van der Waals surface area contributed by atoms with Crippen molar-refractivity contribution in [1.82, 2.24) is 10.2 Å². The monoisotopic (exact) mass is 318 g/mol. The van der Waals surface area contributed by atoms with E-state index in [0.29, 0.717) is 6.42 Å². The number of nitrogens with one attached hydrogen (secondary N) is 1. The van der Waals surface area contributed by atoms with Gasteiger partial charge in [-0.3, -0.25) is 19.3 Å². The van der Waals surface area contributed by atoms with E-state index in [-0.39, 0.29) is 23.1 Å². The van der Waals surface area contributed by atoms with Crippen LogP contribution in [0.15, 0.2) is 18.2 Å². The third kappa shape index (κ3) is 2.81. The Morgan fingerprint density at radius 1 is 1.22 bits per heavy atom. The van der Waals surface area contributed by atoms with E-state index in [0.717, 1.165) is 4.90 Å². The number of carbonyl (C=O) groups excluding carboxylic acids is 3. The minimum absolute atomic E-state index is 0.142. The number of amides is 3. The van der Waals surface area contributed by atoms with Crippen molar-refractivity contribution in [2.75, 3.05) is 7.05 Å².